The van der Waals surface area contributed by atoms with Gasteiger partial charge in [0.15, 0.2) is 0 Å². The monoisotopic (exact) mass is 474 g/mol. The zero-order valence-electron chi connectivity index (χ0n) is 21.3. The normalized spacial score (nSPS) is 18.9. The first kappa shape index (κ1) is 25.4. The summed E-state index contributed by atoms with van der Waals surface area (Å²) in [5.74, 6) is -0.105. The lowest BCUT2D eigenvalue weighted by molar-refractivity contribution is 0.0954. The third-order valence-corrected chi connectivity index (χ3v) is 7.36. The van der Waals surface area contributed by atoms with Gasteiger partial charge in [-0.3, -0.25) is 9.69 Å². The Bertz CT molecular complexity index is 903. The molecule has 35 heavy (non-hydrogen) atoms. The average Bonchev–Trinajstić information content (AvgIpc) is 2.90. The largest absolute Gasteiger partial charge is 0.369 e. The Kier molecular flexibility index (Phi) is 10.2. The van der Waals surface area contributed by atoms with Crippen molar-refractivity contribution in [1.82, 2.24) is 10.3 Å². The molecule has 1 N–H and O–H groups in total. The number of amides is 1. The van der Waals surface area contributed by atoms with Gasteiger partial charge in [0.2, 0.25) is 0 Å². The number of nitrogens with one attached hydrogen (secondary N) is 1. The Hall–Kier alpha value is -2.66. The highest BCUT2D eigenvalue weighted by atomic mass is 16.2. The number of piperazine rings is 1. The van der Waals surface area contributed by atoms with Crippen molar-refractivity contribution in [2.75, 3.05) is 31.1 Å². The molecule has 1 aliphatic carbocycles. The van der Waals surface area contributed by atoms with Crippen molar-refractivity contribution in [3.05, 3.63) is 65.7 Å². The van der Waals surface area contributed by atoms with Gasteiger partial charge < -0.3 is 4.90 Å². The summed E-state index contributed by atoms with van der Waals surface area (Å²) in [5, 5.41) is 4.54. The van der Waals surface area contributed by atoms with Gasteiger partial charge in [-0.25, -0.2) is 5.43 Å². The smallest absolute Gasteiger partial charge is 0.271 e. The number of hydrazone groups is 1. The van der Waals surface area contributed by atoms with Crippen LogP contribution in [0.4, 0.5) is 5.69 Å². The molecule has 1 saturated heterocycles. The predicted molar refractivity (Wildman–Crippen MR) is 146 cm³/mol. The van der Waals surface area contributed by atoms with Crippen LogP contribution < -0.4 is 10.3 Å². The molecular weight excluding hydrogens is 432 g/mol. The van der Waals surface area contributed by atoms with Crippen molar-refractivity contribution in [2.45, 2.75) is 77.2 Å². The Morgan fingerprint density at radius 1 is 0.714 bits per heavy atom. The summed E-state index contributed by atoms with van der Waals surface area (Å²) < 4.78 is 0. The number of hydrogen-bond acceptors (Lipinski definition) is 4. The molecule has 1 heterocycles. The summed E-state index contributed by atoms with van der Waals surface area (Å²) in [4.78, 5) is 17.6. The average molecular weight is 475 g/mol. The Morgan fingerprint density at radius 3 is 1.89 bits per heavy atom. The molecule has 2 fully saturated rings. The zero-order chi connectivity index (χ0) is 24.1. The lowest BCUT2D eigenvalue weighted by Gasteiger charge is -2.36. The lowest BCUT2D eigenvalue weighted by atomic mass is 10.00. The standard InChI is InChI=1S/C30H42N4O/c35-30(32-31-28-13-9-6-4-2-1-3-5-7-10-14-28)27-19-17-26(18-20-27)25-33-21-23-34(24-22-33)29-15-11-8-12-16-29/h8,11-12,15-20H,1-7,9-10,13-14,21-25H2,(H,32,35). The maximum Gasteiger partial charge on any atom is 0.271 e. The third kappa shape index (κ3) is 8.50. The molecule has 4 rings (SSSR count). The topological polar surface area (TPSA) is 47.9 Å². The summed E-state index contributed by atoms with van der Waals surface area (Å²) in [6.45, 7) is 5.12. The van der Waals surface area contributed by atoms with Crippen molar-refractivity contribution in [3.8, 4) is 0 Å². The molecule has 2 aliphatic rings. The van der Waals surface area contributed by atoms with Gasteiger partial charge in [0.05, 0.1) is 0 Å². The number of carbonyl (C=O) groups is 1. The molecule has 5 heteroatoms. The molecule has 0 radical (unpaired) electrons. The highest BCUT2D eigenvalue weighted by Crippen LogP contribution is 2.18. The van der Waals surface area contributed by atoms with Crippen molar-refractivity contribution in [3.63, 3.8) is 0 Å². The van der Waals surface area contributed by atoms with Crippen molar-refractivity contribution >= 4 is 17.3 Å². The molecule has 0 aromatic heterocycles. The highest BCUT2D eigenvalue weighted by molar-refractivity contribution is 5.95. The summed E-state index contributed by atoms with van der Waals surface area (Å²) >= 11 is 0. The van der Waals surface area contributed by atoms with Gasteiger partial charge in [0.1, 0.15) is 0 Å². The van der Waals surface area contributed by atoms with Crippen LogP contribution in [0.15, 0.2) is 59.7 Å². The van der Waals surface area contributed by atoms with Gasteiger partial charge in [0, 0.05) is 49.7 Å². The Morgan fingerprint density at radius 2 is 1.29 bits per heavy atom. The summed E-state index contributed by atoms with van der Waals surface area (Å²) in [5.41, 5.74) is 7.23. The van der Waals surface area contributed by atoms with E-state index in [1.165, 1.54) is 69.0 Å². The molecule has 5 nitrogen and oxygen atoms in total. The van der Waals surface area contributed by atoms with Crippen LogP contribution in [0.2, 0.25) is 0 Å². The minimum Gasteiger partial charge on any atom is -0.369 e. The predicted octanol–water partition coefficient (Wildman–Crippen LogP) is 6.40. The van der Waals surface area contributed by atoms with Crippen molar-refractivity contribution < 1.29 is 4.79 Å². The summed E-state index contributed by atoms with van der Waals surface area (Å²) in [6, 6.07) is 18.7. The van der Waals surface area contributed by atoms with Gasteiger partial charge >= 0.3 is 0 Å². The summed E-state index contributed by atoms with van der Waals surface area (Å²) in [7, 11) is 0. The second-order valence-electron chi connectivity index (χ2n) is 10.1. The number of rotatable bonds is 5. The molecule has 0 bridgehead atoms. The van der Waals surface area contributed by atoms with E-state index in [1.807, 2.05) is 12.1 Å². The number of anilines is 1. The van der Waals surface area contributed by atoms with E-state index in [2.05, 4.69) is 62.8 Å². The number of para-hydroxylation sites is 1. The fraction of sp³-hybridized carbons (Fsp3) is 0.533. The first-order chi connectivity index (χ1) is 17.3. The van der Waals surface area contributed by atoms with Crippen LogP contribution in [0.25, 0.3) is 0 Å². The molecule has 2 aromatic carbocycles. The number of benzene rings is 2. The Labute approximate surface area is 211 Å². The first-order valence-electron chi connectivity index (χ1n) is 13.7. The highest BCUT2D eigenvalue weighted by Gasteiger charge is 2.17. The fourth-order valence-corrected chi connectivity index (χ4v) is 5.15. The van der Waals surface area contributed by atoms with Gasteiger partial charge in [0.25, 0.3) is 5.91 Å². The number of hydrogen-bond donors (Lipinski definition) is 1. The minimum absolute atomic E-state index is 0.105. The van der Waals surface area contributed by atoms with E-state index in [0.29, 0.717) is 5.56 Å². The Balaban J connectivity index is 1.23. The fourth-order valence-electron chi connectivity index (χ4n) is 5.15. The second kappa shape index (κ2) is 14.0. The SMILES string of the molecule is O=C(NN=C1CCCCCCCCCCC1)c1ccc(CN2CCN(c3ccccc3)CC2)cc1. The second-order valence-corrected chi connectivity index (χ2v) is 10.1. The molecule has 0 unspecified atom stereocenters. The maximum atomic E-state index is 12.7. The van der Waals surface area contributed by atoms with Crippen LogP contribution in [0.5, 0.6) is 0 Å². The van der Waals surface area contributed by atoms with Crippen LogP contribution in [0.1, 0.15) is 86.6 Å². The van der Waals surface area contributed by atoms with E-state index in [4.69, 9.17) is 0 Å². The van der Waals surface area contributed by atoms with Crippen molar-refractivity contribution in [1.29, 1.82) is 0 Å². The van der Waals surface area contributed by atoms with E-state index in [-0.39, 0.29) is 5.91 Å². The van der Waals surface area contributed by atoms with Crippen LogP contribution in [-0.2, 0) is 6.54 Å². The van der Waals surface area contributed by atoms with E-state index in [1.54, 1.807) is 0 Å². The molecule has 0 atom stereocenters. The quantitative estimate of drug-likeness (QED) is 0.510. The first-order valence-corrected chi connectivity index (χ1v) is 13.7. The minimum atomic E-state index is -0.105. The van der Waals surface area contributed by atoms with Gasteiger partial charge in [-0.15, -0.1) is 0 Å². The van der Waals surface area contributed by atoms with E-state index in [9.17, 15) is 4.79 Å². The van der Waals surface area contributed by atoms with Crippen LogP contribution in [0.3, 0.4) is 0 Å². The molecule has 0 spiro atoms. The summed E-state index contributed by atoms with van der Waals surface area (Å²) in [6.07, 6.45) is 13.7. The molecule has 1 aliphatic heterocycles. The molecular formula is C30H42N4O. The van der Waals surface area contributed by atoms with Gasteiger partial charge in [-0.05, 0) is 55.5 Å². The molecule has 2 aromatic rings. The van der Waals surface area contributed by atoms with Gasteiger partial charge in [-0.2, -0.15) is 5.10 Å². The van der Waals surface area contributed by atoms with Crippen LogP contribution in [-0.4, -0.2) is 42.7 Å². The zero-order valence-corrected chi connectivity index (χ0v) is 21.3. The molecule has 1 saturated carbocycles. The number of nitrogens with zero attached hydrogens (tertiary/aromatic N) is 3. The van der Waals surface area contributed by atoms with Crippen LogP contribution >= 0.6 is 0 Å². The van der Waals surface area contributed by atoms with Crippen LogP contribution in [0, 0.1) is 0 Å². The van der Waals surface area contributed by atoms with Crippen molar-refractivity contribution in [2.24, 2.45) is 5.10 Å². The van der Waals surface area contributed by atoms with E-state index < -0.39 is 0 Å². The third-order valence-electron chi connectivity index (χ3n) is 7.36. The van der Waals surface area contributed by atoms with E-state index >= 15 is 0 Å². The molecule has 188 valence electrons. The van der Waals surface area contributed by atoms with Gasteiger partial charge in [-0.1, -0.05) is 75.3 Å². The maximum absolute atomic E-state index is 12.7. The van der Waals surface area contributed by atoms with E-state index in [0.717, 1.165) is 51.3 Å². The lowest BCUT2D eigenvalue weighted by Crippen LogP contribution is -2.45. The molecule has 1 amide bonds. The number of carbonyl (C=O) groups excluding carboxylic acids is 1.